The van der Waals surface area contributed by atoms with Crippen LogP contribution in [0.25, 0.3) is 0 Å². The minimum Gasteiger partial charge on any atom is -0.378 e. The third kappa shape index (κ3) is 3.04. The van der Waals surface area contributed by atoms with Crippen LogP contribution in [0.4, 0.5) is 0 Å². The number of nitrogens with zero attached hydrogens (tertiary/aromatic N) is 1. The minimum absolute atomic E-state index is 0.151. The quantitative estimate of drug-likeness (QED) is 0.908. The summed E-state index contributed by atoms with van der Waals surface area (Å²) < 4.78 is 5.58. The van der Waals surface area contributed by atoms with Crippen LogP contribution < -0.4 is 5.32 Å². The van der Waals surface area contributed by atoms with Gasteiger partial charge in [-0.05, 0) is 32.1 Å². The maximum atomic E-state index is 12.3. The lowest BCUT2D eigenvalue weighted by atomic mass is 9.98. The van der Waals surface area contributed by atoms with Crippen molar-refractivity contribution in [3.05, 3.63) is 16.6 Å². The van der Waals surface area contributed by atoms with Gasteiger partial charge in [-0.25, -0.2) is 4.98 Å². The SMILES string of the molecule is O=C(CCC1CCCO1)NC1(c2nccs2)CCCC1. The van der Waals surface area contributed by atoms with E-state index in [0.717, 1.165) is 43.7 Å². The molecule has 1 saturated carbocycles. The zero-order valence-corrected chi connectivity index (χ0v) is 12.6. The van der Waals surface area contributed by atoms with E-state index in [1.54, 1.807) is 11.3 Å². The van der Waals surface area contributed by atoms with Gasteiger partial charge >= 0.3 is 0 Å². The molecule has 3 rings (SSSR count). The summed E-state index contributed by atoms with van der Waals surface area (Å²) in [6, 6.07) is 0. The van der Waals surface area contributed by atoms with Crippen molar-refractivity contribution >= 4 is 17.2 Å². The fourth-order valence-corrected chi connectivity index (χ4v) is 4.18. The van der Waals surface area contributed by atoms with Crippen molar-refractivity contribution in [3.8, 4) is 0 Å². The molecule has 2 heterocycles. The maximum Gasteiger partial charge on any atom is 0.220 e. The molecule has 5 heteroatoms. The lowest BCUT2D eigenvalue weighted by molar-refractivity contribution is -0.123. The van der Waals surface area contributed by atoms with Crippen molar-refractivity contribution in [3.63, 3.8) is 0 Å². The topological polar surface area (TPSA) is 51.2 Å². The lowest BCUT2D eigenvalue weighted by Gasteiger charge is -2.28. The van der Waals surface area contributed by atoms with E-state index >= 15 is 0 Å². The van der Waals surface area contributed by atoms with Gasteiger partial charge in [-0.3, -0.25) is 4.79 Å². The fraction of sp³-hybridized carbons (Fsp3) is 0.733. The Kier molecular flexibility index (Phi) is 4.36. The van der Waals surface area contributed by atoms with E-state index in [4.69, 9.17) is 4.74 Å². The van der Waals surface area contributed by atoms with E-state index in [0.29, 0.717) is 12.5 Å². The van der Waals surface area contributed by atoms with Crippen molar-refractivity contribution in [2.75, 3.05) is 6.61 Å². The molecule has 2 fully saturated rings. The molecule has 1 aliphatic heterocycles. The van der Waals surface area contributed by atoms with Crippen LogP contribution in [0.2, 0.25) is 0 Å². The molecule has 20 heavy (non-hydrogen) atoms. The third-order valence-corrected chi connectivity index (χ3v) is 5.37. The Hall–Kier alpha value is -0.940. The second-order valence-corrected chi connectivity index (χ2v) is 6.74. The van der Waals surface area contributed by atoms with Crippen molar-refractivity contribution in [1.29, 1.82) is 0 Å². The van der Waals surface area contributed by atoms with Crippen LogP contribution in [-0.2, 0) is 15.1 Å². The number of carbonyl (C=O) groups is 1. The zero-order valence-electron chi connectivity index (χ0n) is 11.8. The van der Waals surface area contributed by atoms with Crippen LogP contribution >= 0.6 is 11.3 Å². The molecule has 110 valence electrons. The molecular weight excluding hydrogens is 272 g/mol. The highest BCUT2D eigenvalue weighted by molar-refractivity contribution is 7.09. The van der Waals surface area contributed by atoms with Crippen LogP contribution in [0, 0.1) is 0 Å². The monoisotopic (exact) mass is 294 g/mol. The normalized spacial score (nSPS) is 24.9. The second-order valence-electron chi connectivity index (χ2n) is 5.85. The largest absolute Gasteiger partial charge is 0.378 e. The number of amides is 1. The molecule has 1 atom stereocenters. The first kappa shape index (κ1) is 14.0. The number of nitrogens with one attached hydrogen (secondary N) is 1. The third-order valence-electron chi connectivity index (χ3n) is 4.39. The predicted molar refractivity (Wildman–Crippen MR) is 78.6 cm³/mol. The van der Waals surface area contributed by atoms with E-state index in [1.165, 1.54) is 12.8 Å². The molecule has 0 spiro atoms. The van der Waals surface area contributed by atoms with Crippen LogP contribution in [0.3, 0.4) is 0 Å². The van der Waals surface area contributed by atoms with Gasteiger partial charge in [-0.15, -0.1) is 11.3 Å². The number of thiazole rings is 1. The van der Waals surface area contributed by atoms with Crippen LogP contribution in [0.1, 0.15) is 56.4 Å². The minimum atomic E-state index is -0.193. The van der Waals surface area contributed by atoms with E-state index in [-0.39, 0.29) is 11.4 Å². The van der Waals surface area contributed by atoms with E-state index in [2.05, 4.69) is 10.3 Å². The molecule has 1 N–H and O–H groups in total. The average Bonchev–Trinajstić information content (AvgIpc) is 3.18. The number of hydrogen-bond donors (Lipinski definition) is 1. The Balaban J connectivity index is 1.57. The molecule has 1 amide bonds. The van der Waals surface area contributed by atoms with Gasteiger partial charge in [-0.2, -0.15) is 0 Å². The summed E-state index contributed by atoms with van der Waals surface area (Å²) in [6.45, 7) is 0.856. The molecule has 2 aliphatic rings. The van der Waals surface area contributed by atoms with E-state index in [1.807, 2.05) is 11.6 Å². The molecule has 1 aromatic heterocycles. The molecule has 0 radical (unpaired) electrons. The van der Waals surface area contributed by atoms with Crippen LogP contribution in [0.5, 0.6) is 0 Å². The van der Waals surface area contributed by atoms with E-state index in [9.17, 15) is 4.79 Å². The van der Waals surface area contributed by atoms with Crippen molar-refractivity contribution in [2.24, 2.45) is 0 Å². The predicted octanol–water partition coefficient (Wildman–Crippen LogP) is 2.99. The van der Waals surface area contributed by atoms with Gasteiger partial charge < -0.3 is 10.1 Å². The summed E-state index contributed by atoms with van der Waals surface area (Å²) >= 11 is 1.65. The molecule has 1 unspecified atom stereocenters. The first-order valence-corrected chi connectivity index (χ1v) is 8.49. The standard InChI is InChI=1S/C15H22N2O2S/c18-13(6-5-12-4-3-10-19-12)17-15(7-1-2-8-15)14-16-9-11-20-14/h9,11-12H,1-8,10H2,(H,17,18). The van der Waals surface area contributed by atoms with Gasteiger partial charge in [0.25, 0.3) is 0 Å². The van der Waals surface area contributed by atoms with Gasteiger partial charge in [0.15, 0.2) is 0 Å². The molecular formula is C15H22N2O2S. The molecule has 4 nitrogen and oxygen atoms in total. The van der Waals surface area contributed by atoms with Gasteiger partial charge in [0, 0.05) is 24.6 Å². The Labute approximate surface area is 123 Å². The molecule has 0 aromatic carbocycles. The Morgan fingerprint density at radius 1 is 1.45 bits per heavy atom. The number of hydrogen-bond acceptors (Lipinski definition) is 4. The Bertz CT molecular complexity index is 435. The second kappa shape index (κ2) is 6.22. The molecule has 1 aliphatic carbocycles. The first-order chi connectivity index (χ1) is 9.78. The van der Waals surface area contributed by atoms with Gasteiger partial charge in [-0.1, -0.05) is 12.8 Å². The maximum absolute atomic E-state index is 12.3. The summed E-state index contributed by atoms with van der Waals surface area (Å²) in [4.78, 5) is 16.7. The first-order valence-electron chi connectivity index (χ1n) is 7.61. The lowest BCUT2D eigenvalue weighted by Crippen LogP contribution is -2.43. The Morgan fingerprint density at radius 2 is 2.30 bits per heavy atom. The van der Waals surface area contributed by atoms with Crippen molar-refractivity contribution in [2.45, 2.75) is 63.0 Å². The fourth-order valence-electron chi connectivity index (χ4n) is 3.32. The number of ether oxygens (including phenoxy) is 1. The van der Waals surface area contributed by atoms with Gasteiger partial charge in [0.2, 0.25) is 5.91 Å². The summed E-state index contributed by atoms with van der Waals surface area (Å²) in [5.41, 5.74) is -0.193. The number of rotatable bonds is 5. The highest BCUT2D eigenvalue weighted by Crippen LogP contribution is 2.39. The number of carbonyl (C=O) groups excluding carboxylic acids is 1. The molecule has 0 bridgehead atoms. The summed E-state index contributed by atoms with van der Waals surface area (Å²) in [5.74, 6) is 0.151. The molecule has 1 aromatic rings. The van der Waals surface area contributed by atoms with E-state index < -0.39 is 0 Å². The zero-order chi connectivity index (χ0) is 13.8. The van der Waals surface area contributed by atoms with Crippen molar-refractivity contribution < 1.29 is 9.53 Å². The van der Waals surface area contributed by atoms with Gasteiger partial charge in [0.05, 0.1) is 11.6 Å². The van der Waals surface area contributed by atoms with Gasteiger partial charge in [0.1, 0.15) is 5.01 Å². The number of aromatic nitrogens is 1. The van der Waals surface area contributed by atoms with Crippen LogP contribution in [0.15, 0.2) is 11.6 Å². The van der Waals surface area contributed by atoms with Crippen molar-refractivity contribution in [1.82, 2.24) is 10.3 Å². The average molecular weight is 294 g/mol. The summed E-state index contributed by atoms with van der Waals surface area (Å²) in [5, 5.41) is 6.34. The highest BCUT2D eigenvalue weighted by atomic mass is 32.1. The molecule has 1 saturated heterocycles. The Morgan fingerprint density at radius 3 is 2.95 bits per heavy atom. The summed E-state index contributed by atoms with van der Waals surface area (Å²) in [6.07, 6.45) is 10.2. The summed E-state index contributed by atoms with van der Waals surface area (Å²) in [7, 11) is 0. The van der Waals surface area contributed by atoms with Crippen LogP contribution in [-0.4, -0.2) is 23.6 Å². The smallest absolute Gasteiger partial charge is 0.220 e. The highest BCUT2D eigenvalue weighted by Gasteiger charge is 2.39.